The molecule has 0 fully saturated rings. The van der Waals surface area contributed by atoms with Crippen molar-refractivity contribution >= 4 is 12.0 Å². The zero-order valence-corrected chi connectivity index (χ0v) is 8.60. The number of ether oxygens (including phenoxy) is 1. The molecule has 2 N–H and O–H groups in total. The standard InChI is InChI=1S/C9H12N4O2/c1-4-13-8(11-10)5-7(6(2)14)9(12-13)15-3/h4-5H,1,10H2,2-3H3/b11-8-. The van der Waals surface area contributed by atoms with Crippen LogP contribution in [-0.2, 0) is 0 Å². The predicted molar refractivity (Wildman–Crippen MR) is 54.9 cm³/mol. The molecule has 1 heterocycles. The first kappa shape index (κ1) is 11.0. The first-order chi connectivity index (χ1) is 7.13. The Balaban J connectivity index is 3.55. The van der Waals surface area contributed by atoms with E-state index in [2.05, 4.69) is 16.8 Å². The van der Waals surface area contributed by atoms with Gasteiger partial charge in [0, 0.05) is 12.3 Å². The molecule has 0 aliphatic heterocycles. The molecule has 0 saturated carbocycles. The van der Waals surface area contributed by atoms with Crippen LogP contribution in [0.3, 0.4) is 0 Å². The number of carbonyl (C=O) groups excluding carboxylic acids is 1. The van der Waals surface area contributed by atoms with Crippen LogP contribution in [0.5, 0.6) is 5.88 Å². The van der Waals surface area contributed by atoms with E-state index in [9.17, 15) is 4.79 Å². The highest BCUT2D eigenvalue weighted by Crippen LogP contribution is 2.11. The van der Waals surface area contributed by atoms with Gasteiger partial charge >= 0.3 is 0 Å². The Morgan fingerprint density at radius 3 is 2.87 bits per heavy atom. The van der Waals surface area contributed by atoms with E-state index in [1.165, 1.54) is 31.0 Å². The van der Waals surface area contributed by atoms with E-state index in [1.807, 2.05) is 0 Å². The summed E-state index contributed by atoms with van der Waals surface area (Å²) in [6.07, 6.45) is 1.41. The second kappa shape index (κ2) is 4.41. The second-order valence-electron chi connectivity index (χ2n) is 2.74. The molecule has 0 unspecified atom stereocenters. The zero-order valence-electron chi connectivity index (χ0n) is 8.60. The highest BCUT2D eigenvalue weighted by atomic mass is 16.5. The number of Topliss-reactive ketones (excluding diaryl/α,β-unsaturated/α-hetero) is 1. The Morgan fingerprint density at radius 1 is 1.80 bits per heavy atom. The van der Waals surface area contributed by atoms with Crippen molar-refractivity contribution in [1.29, 1.82) is 0 Å². The van der Waals surface area contributed by atoms with Crippen molar-refractivity contribution in [3.8, 4) is 5.88 Å². The number of aromatic nitrogens is 2. The van der Waals surface area contributed by atoms with Gasteiger partial charge in [0.25, 0.3) is 0 Å². The van der Waals surface area contributed by atoms with Crippen LogP contribution in [-0.4, -0.2) is 22.7 Å². The lowest BCUT2D eigenvalue weighted by atomic mass is 10.2. The number of ketones is 1. The van der Waals surface area contributed by atoms with Crippen LogP contribution >= 0.6 is 0 Å². The number of methoxy groups -OCH3 is 1. The third kappa shape index (κ3) is 2.04. The Kier molecular flexibility index (Phi) is 3.22. The molecule has 0 bridgehead atoms. The topological polar surface area (TPSA) is 82.5 Å². The fourth-order valence-electron chi connectivity index (χ4n) is 1.09. The molecule has 1 rings (SSSR count). The minimum atomic E-state index is -0.166. The van der Waals surface area contributed by atoms with Crippen LogP contribution in [0.25, 0.3) is 6.20 Å². The monoisotopic (exact) mass is 208 g/mol. The molecule has 0 atom stereocenters. The normalized spacial score (nSPS) is 11.2. The average molecular weight is 208 g/mol. The van der Waals surface area contributed by atoms with E-state index in [1.54, 1.807) is 0 Å². The van der Waals surface area contributed by atoms with Crippen LogP contribution < -0.4 is 16.1 Å². The van der Waals surface area contributed by atoms with Gasteiger partial charge in [0.1, 0.15) is 0 Å². The maximum Gasteiger partial charge on any atom is 0.242 e. The minimum absolute atomic E-state index is 0.166. The third-order valence-electron chi connectivity index (χ3n) is 1.81. The lowest BCUT2D eigenvalue weighted by Crippen LogP contribution is -2.23. The number of nitrogens with zero attached hydrogens (tertiary/aromatic N) is 3. The van der Waals surface area contributed by atoms with Gasteiger partial charge in [-0.25, -0.2) is 4.68 Å². The highest BCUT2D eigenvalue weighted by molar-refractivity contribution is 5.96. The number of rotatable bonds is 3. The molecular formula is C9H12N4O2. The van der Waals surface area contributed by atoms with Crippen molar-refractivity contribution < 1.29 is 9.53 Å². The van der Waals surface area contributed by atoms with Crippen molar-refractivity contribution in [3.63, 3.8) is 0 Å². The Labute approximate surface area is 86.7 Å². The summed E-state index contributed by atoms with van der Waals surface area (Å²) in [7, 11) is 1.43. The van der Waals surface area contributed by atoms with Crippen LogP contribution in [0.4, 0.5) is 0 Å². The lowest BCUT2D eigenvalue weighted by Gasteiger charge is -2.06. The van der Waals surface area contributed by atoms with Gasteiger partial charge in [0.05, 0.1) is 12.7 Å². The van der Waals surface area contributed by atoms with Gasteiger partial charge in [-0.15, -0.1) is 5.10 Å². The molecule has 80 valence electrons. The summed E-state index contributed by atoms with van der Waals surface area (Å²) in [6, 6.07) is 1.50. The number of carbonyl (C=O) groups is 1. The molecule has 6 nitrogen and oxygen atoms in total. The number of hydrogen-bond acceptors (Lipinski definition) is 5. The summed E-state index contributed by atoms with van der Waals surface area (Å²) in [5, 5.41) is 7.46. The SMILES string of the molecule is C=Cn1nc(OC)c(C(C)=O)c/c1=N/N. The van der Waals surface area contributed by atoms with Crippen molar-refractivity contribution in [2.45, 2.75) is 6.92 Å². The first-order valence-corrected chi connectivity index (χ1v) is 4.19. The molecule has 0 radical (unpaired) electrons. The minimum Gasteiger partial charge on any atom is -0.479 e. The fraction of sp³-hybridized carbons (Fsp3) is 0.222. The summed E-state index contributed by atoms with van der Waals surface area (Å²) in [6.45, 7) is 4.95. The zero-order chi connectivity index (χ0) is 11.4. The molecule has 0 aromatic carbocycles. The Morgan fingerprint density at radius 2 is 2.47 bits per heavy atom. The number of hydrogen-bond donors (Lipinski definition) is 1. The van der Waals surface area contributed by atoms with Crippen LogP contribution in [0.15, 0.2) is 17.7 Å². The highest BCUT2D eigenvalue weighted by Gasteiger charge is 2.11. The third-order valence-corrected chi connectivity index (χ3v) is 1.81. The van der Waals surface area contributed by atoms with E-state index >= 15 is 0 Å². The van der Waals surface area contributed by atoms with Gasteiger partial charge in [-0.1, -0.05) is 6.58 Å². The second-order valence-corrected chi connectivity index (χ2v) is 2.74. The van der Waals surface area contributed by atoms with Gasteiger partial charge in [-0.2, -0.15) is 5.10 Å². The van der Waals surface area contributed by atoms with E-state index < -0.39 is 0 Å². The van der Waals surface area contributed by atoms with Crippen LogP contribution in [0.2, 0.25) is 0 Å². The molecule has 1 aromatic heterocycles. The van der Waals surface area contributed by atoms with Crippen molar-refractivity contribution in [2.24, 2.45) is 10.9 Å². The van der Waals surface area contributed by atoms with E-state index in [4.69, 9.17) is 10.6 Å². The molecule has 15 heavy (non-hydrogen) atoms. The van der Waals surface area contributed by atoms with E-state index in [-0.39, 0.29) is 11.7 Å². The van der Waals surface area contributed by atoms with Gasteiger partial charge < -0.3 is 10.6 Å². The molecular weight excluding hydrogens is 196 g/mol. The quantitative estimate of drug-likeness (QED) is 0.429. The number of nitrogens with two attached hydrogens (primary N) is 1. The van der Waals surface area contributed by atoms with Crippen molar-refractivity contribution in [1.82, 2.24) is 9.78 Å². The van der Waals surface area contributed by atoms with E-state index in [0.29, 0.717) is 11.1 Å². The van der Waals surface area contributed by atoms with Gasteiger partial charge in [-0.05, 0) is 6.92 Å². The van der Waals surface area contributed by atoms with Crippen molar-refractivity contribution in [2.75, 3.05) is 7.11 Å². The van der Waals surface area contributed by atoms with Crippen LogP contribution in [0, 0.1) is 0 Å². The summed E-state index contributed by atoms with van der Waals surface area (Å²) in [4.78, 5) is 11.3. The largest absolute Gasteiger partial charge is 0.479 e. The summed E-state index contributed by atoms with van der Waals surface area (Å²) < 4.78 is 6.29. The Bertz CT molecular complexity index is 462. The maximum absolute atomic E-state index is 11.3. The van der Waals surface area contributed by atoms with E-state index in [0.717, 1.165) is 0 Å². The maximum atomic E-state index is 11.3. The van der Waals surface area contributed by atoms with Crippen molar-refractivity contribution in [3.05, 3.63) is 23.7 Å². The average Bonchev–Trinajstić information content (AvgIpc) is 2.26. The smallest absolute Gasteiger partial charge is 0.242 e. The van der Waals surface area contributed by atoms with Gasteiger partial charge in [0.2, 0.25) is 5.88 Å². The summed E-state index contributed by atoms with van der Waals surface area (Å²) >= 11 is 0. The first-order valence-electron chi connectivity index (χ1n) is 4.19. The molecule has 0 amide bonds. The predicted octanol–water partition coefficient (Wildman–Crippen LogP) is -0.0308. The molecule has 1 aromatic rings. The van der Waals surface area contributed by atoms with Gasteiger partial charge in [0.15, 0.2) is 11.3 Å². The lowest BCUT2D eigenvalue weighted by molar-refractivity contribution is 0.101. The van der Waals surface area contributed by atoms with Gasteiger partial charge in [-0.3, -0.25) is 4.79 Å². The summed E-state index contributed by atoms with van der Waals surface area (Å²) in [5.74, 6) is 5.20. The molecule has 0 aliphatic rings. The molecule has 0 saturated heterocycles. The van der Waals surface area contributed by atoms with Crippen LogP contribution in [0.1, 0.15) is 17.3 Å². The fourth-order valence-corrected chi connectivity index (χ4v) is 1.09. The molecule has 0 spiro atoms. The summed E-state index contributed by atoms with van der Waals surface area (Å²) in [5.41, 5.74) is 0.663. The molecule has 6 heteroatoms. The molecule has 0 aliphatic carbocycles. The Hall–Kier alpha value is -2.11.